The lowest BCUT2D eigenvalue weighted by molar-refractivity contribution is 0.535. The van der Waals surface area contributed by atoms with Gasteiger partial charge in [-0.1, -0.05) is 23.7 Å². The van der Waals surface area contributed by atoms with E-state index in [2.05, 4.69) is 23.5 Å². The summed E-state index contributed by atoms with van der Waals surface area (Å²) in [5, 5.41) is 4.50. The van der Waals surface area contributed by atoms with Crippen molar-refractivity contribution in [2.75, 3.05) is 6.54 Å². The zero-order chi connectivity index (χ0) is 9.60. The van der Waals surface area contributed by atoms with E-state index in [0.29, 0.717) is 11.5 Å². The molecule has 1 nitrogen and oxygen atoms in total. The molecule has 1 N–H and O–H groups in total. The van der Waals surface area contributed by atoms with Gasteiger partial charge in [0.15, 0.2) is 0 Å². The molecular formula is C12H14ClN. The molecule has 2 heteroatoms. The molecule has 1 atom stereocenters. The second-order valence-corrected chi connectivity index (χ2v) is 4.92. The Morgan fingerprint density at radius 3 is 2.93 bits per heavy atom. The molecule has 1 saturated carbocycles. The van der Waals surface area contributed by atoms with E-state index in [-0.39, 0.29) is 0 Å². The summed E-state index contributed by atoms with van der Waals surface area (Å²) in [6.45, 7) is 1.16. The molecule has 2 fully saturated rings. The summed E-state index contributed by atoms with van der Waals surface area (Å²) >= 11 is 6.02. The largest absolute Gasteiger partial charge is 0.311 e. The molecule has 1 aromatic rings. The van der Waals surface area contributed by atoms with Gasteiger partial charge in [0.2, 0.25) is 0 Å². The first-order valence-electron chi connectivity index (χ1n) is 5.31. The summed E-state index contributed by atoms with van der Waals surface area (Å²) in [7, 11) is 0. The van der Waals surface area contributed by atoms with Crippen molar-refractivity contribution in [3.05, 3.63) is 34.9 Å². The highest BCUT2D eigenvalue weighted by Gasteiger charge is 2.52. The van der Waals surface area contributed by atoms with E-state index in [9.17, 15) is 0 Å². The third-order valence-electron chi connectivity index (χ3n) is 3.62. The van der Waals surface area contributed by atoms with Crippen LogP contribution in [0.2, 0.25) is 5.02 Å². The van der Waals surface area contributed by atoms with Crippen LogP contribution in [-0.2, 0) is 0 Å². The molecular weight excluding hydrogens is 194 g/mol. The monoisotopic (exact) mass is 207 g/mol. The first kappa shape index (κ1) is 8.75. The van der Waals surface area contributed by atoms with E-state index in [4.69, 9.17) is 11.6 Å². The second-order valence-electron chi connectivity index (χ2n) is 4.48. The lowest BCUT2D eigenvalue weighted by atomic mass is 9.90. The SMILES string of the molecule is Clc1cccc(C2CCNC23CC3)c1. The Labute approximate surface area is 89.5 Å². The lowest BCUT2D eigenvalue weighted by Crippen LogP contribution is -2.27. The minimum absolute atomic E-state index is 0.449. The van der Waals surface area contributed by atoms with Crippen LogP contribution in [-0.4, -0.2) is 12.1 Å². The smallest absolute Gasteiger partial charge is 0.0408 e. The summed E-state index contributed by atoms with van der Waals surface area (Å²) in [5.41, 5.74) is 1.87. The quantitative estimate of drug-likeness (QED) is 0.747. The van der Waals surface area contributed by atoms with Crippen LogP contribution in [0.25, 0.3) is 0 Å². The van der Waals surface area contributed by atoms with Gasteiger partial charge in [-0.05, 0) is 43.5 Å². The molecule has 0 bridgehead atoms. The Kier molecular flexibility index (Phi) is 1.86. The fourth-order valence-corrected chi connectivity index (χ4v) is 2.93. The highest BCUT2D eigenvalue weighted by Crippen LogP contribution is 2.52. The minimum Gasteiger partial charge on any atom is -0.311 e. The van der Waals surface area contributed by atoms with E-state index in [1.807, 2.05) is 6.07 Å². The Balaban J connectivity index is 1.95. The fourth-order valence-electron chi connectivity index (χ4n) is 2.73. The summed E-state index contributed by atoms with van der Waals surface area (Å²) < 4.78 is 0. The topological polar surface area (TPSA) is 12.0 Å². The number of hydrogen-bond donors (Lipinski definition) is 1. The molecule has 1 unspecified atom stereocenters. The summed E-state index contributed by atoms with van der Waals surface area (Å²) in [5.74, 6) is 0.696. The van der Waals surface area contributed by atoms with Crippen molar-refractivity contribution >= 4 is 11.6 Å². The molecule has 1 aliphatic carbocycles. The Morgan fingerprint density at radius 2 is 2.21 bits per heavy atom. The van der Waals surface area contributed by atoms with Gasteiger partial charge in [0, 0.05) is 16.5 Å². The molecule has 74 valence electrons. The van der Waals surface area contributed by atoms with Gasteiger partial charge >= 0.3 is 0 Å². The molecule has 0 amide bonds. The number of rotatable bonds is 1. The zero-order valence-electron chi connectivity index (χ0n) is 8.09. The molecule has 3 rings (SSSR count). The van der Waals surface area contributed by atoms with E-state index in [0.717, 1.165) is 11.6 Å². The van der Waals surface area contributed by atoms with Crippen molar-refractivity contribution < 1.29 is 0 Å². The van der Waals surface area contributed by atoms with Crippen LogP contribution in [0.4, 0.5) is 0 Å². The third-order valence-corrected chi connectivity index (χ3v) is 3.85. The predicted octanol–water partition coefficient (Wildman–Crippen LogP) is 2.95. The normalized spacial score (nSPS) is 28.2. The average molecular weight is 208 g/mol. The van der Waals surface area contributed by atoms with Gasteiger partial charge in [-0.2, -0.15) is 0 Å². The molecule has 2 aliphatic rings. The van der Waals surface area contributed by atoms with Gasteiger partial charge in [0.1, 0.15) is 0 Å². The van der Waals surface area contributed by atoms with E-state index in [1.54, 1.807) is 0 Å². The molecule has 14 heavy (non-hydrogen) atoms. The van der Waals surface area contributed by atoms with E-state index in [1.165, 1.54) is 24.8 Å². The first-order chi connectivity index (χ1) is 6.80. The van der Waals surface area contributed by atoms with Crippen LogP contribution in [0.15, 0.2) is 24.3 Å². The highest BCUT2D eigenvalue weighted by atomic mass is 35.5. The van der Waals surface area contributed by atoms with Gasteiger partial charge in [-0.3, -0.25) is 0 Å². The zero-order valence-corrected chi connectivity index (χ0v) is 8.85. The number of hydrogen-bond acceptors (Lipinski definition) is 1. The third kappa shape index (κ3) is 1.27. The van der Waals surface area contributed by atoms with Gasteiger partial charge < -0.3 is 5.32 Å². The van der Waals surface area contributed by atoms with Crippen molar-refractivity contribution in [2.45, 2.75) is 30.7 Å². The maximum atomic E-state index is 6.02. The van der Waals surface area contributed by atoms with Crippen LogP contribution in [0.5, 0.6) is 0 Å². The fraction of sp³-hybridized carbons (Fsp3) is 0.500. The van der Waals surface area contributed by atoms with Crippen molar-refractivity contribution in [3.63, 3.8) is 0 Å². The maximum Gasteiger partial charge on any atom is 0.0408 e. The minimum atomic E-state index is 0.449. The van der Waals surface area contributed by atoms with Crippen molar-refractivity contribution in [1.82, 2.24) is 5.32 Å². The molecule has 1 aromatic carbocycles. The Bertz CT molecular complexity index is 357. The highest BCUT2D eigenvalue weighted by molar-refractivity contribution is 6.30. The summed E-state index contributed by atoms with van der Waals surface area (Å²) in [6.07, 6.45) is 3.94. The molecule has 0 radical (unpaired) electrons. The summed E-state index contributed by atoms with van der Waals surface area (Å²) in [6, 6.07) is 8.35. The number of halogens is 1. The van der Waals surface area contributed by atoms with Crippen LogP contribution >= 0.6 is 11.6 Å². The average Bonchev–Trinajstić information content (AvgIpc) is 2.78. The van der Waals surface area contributed by atoms with Crippen LogP contribution in [0.3, 0.4) is 0 Å². The Hall–Kier alpha value is -0.530. The molecule has 1 heterocycles. The van der Waals surface area contributed by atoms with Gasteiger partial charge in [0.25, 0.3) is 0 Å². The maximum absolute atomic E-state index is 6.02. The lowest BCUT2D eigenvalue weighted by Gasteiger charge is -2.18. The van der Waals surface area contributed by atoms with Crippen molar-refractivity contribution in [3.8, 4) is 0 Å². The van der Waals surface area contributed by atoms with E-state index >= 15 is 0 Å². The first-order valence-corrected chi connectivity index (χ1v) is 5.68. The molecule has 1 spiro atoms. The van der Waals surface area contributed by atoms with E-state index < -0.39 is 0 Å². The van der Waals surface area contributed by atoms with Crippen molar-refractivity contribution in [2.24, 2.45) is 0 Å². The number of benzene rings is 1. The second kappa shape index (κ2) is 2.98. The van der Waals surface area contributed by atoms with Crippen LogP contribution in [0, 0.1) is 0 Å². The predicted molar refractivity (Wildman–Crippen MR) is 58.8 cm³/mol. The van der Waals surface area contributed by atoms with Crippen molar-refractivity contribution in [1.29, 1.82) is 0 Å². The number of nitrogens with one attached hydrogen (secondary N) is 1. The van der Waals surface area contributed by atoms with Gasteiger partial charge in [-0.25, -0.2) is 0 Å². The van der Waals surface area contributed by atoms with Gasteiger partial charge in [-0.15, -0.1) is 0 Å². The molecule has 0 aromatic heterocycles. The van der Waals surface area contributed by atoms with Crippen LogP contribution < -0.4 is 5.32 Å². The molecule has 1 aliphatic heterocycles. The van der Waals surface area contributed by atoms with Crippen LogP contribution in [0.1, 0.15) is 30.7 Å². The summed E-state index contributed by atoms with van der Waals surface area (Å²) in [4.78, 5) is 0. The molecule has 1 saturated heterocycles. The standard InChI is InChI=1S/C12H14ClN/c13-10-3-1-2-9(8-10)11-4-7-14-12(11)5-6-12/h1-3,8,11,14H,4-7H2. The van der Waals surface area contributed by atoms with Gasteiger partial charge in [0.05, 0.1) is 0 Å². The Morgan fingerprint density at radius 1 is 1.36 bits per heavy atom.